The SMILES string of the molecule is C#Cc1cnc(NC)nc1-c1c(-c2ccccc2)ncn1C. The molecular weight excluding hydrogens is 274 g/mol. The third-order valence-corrected chi connectivity index (χ3v) is 3.38. The maximum absolute atomic E-state index is 5.61. The van der Waals surface area contributed by atoms with Crippen LogP contribution in [0.5, 0.6) is 0 Å². The van der Waals surface area contributed by atoms with E-state index in [1.165, 1.54) is 0 Å². The number of aromatic nitrogens is 4. The normalized spacial score (nSPS) is 10.2. The van der Waals surface area contributed by atoms with Crippen molar-refractivity contribution in [2.45, 2.75) is 0 Å². The molecule has 0 unspecified atom stereocenters. The van der Waals surface area contributed by atoms with Gasteiger partial charge in [-0.1, -0.05) is 36.3 Å². The minimum absolute atomic E-state index is 0.522. The summed E-state index contributed by atoms with van der Waals surface area (Å²) in [5.41, 5.74) is 4.07. The maximum atomic E-state index is 5.61. The Morgan fingerprint density at radius 3 is 2.59 bits per heavy atom. The summed E-state index contributed by atoms with van der Waals surface area (Å²) in [4.78, 5) is 13.2. The fourth-order valence-corrected chi connectivity index (χ4v) is 2.31. The zero-order valence-electron chi connectivity index (χ0n) is 12.4. The van der Waals surface area contributed by atoms with Crippen LogP contribution in [-0.2, 0) is 7.05 Å². The predicted molar refractivity (Wildman–Crippen MR) is 87.2 cm³/mol. The van der Waals surface area contributed by atoms with Gasteiger partial charge in [0.05, 0.1) is 23.3 Å². The van der Waals surface area contributed by atoms with Gasteiger partial charge in [-0.3, -0.25) is 0 Å². The fourth-order valence-electron chi connectivity index (χ4n) is 2.31. The zero-order valence-corrected chi connectivity index (χ0v) is 12.4. The lowest BCUT2D eigenvalue weighted by Gasteiger charge is -2.09. The molecule has 0 amide bonds. The van der Waals surface area contributed by atoms with Crippen molar-refractivity contribution in [2.75, 3.05) is 12.4 Å². The summed E-state index contributed by atoms with van der Waals surface area (Å²) in [5, 5.41) is 2.94. The van der Waals surface area contributed by atoms with Crippen LogP contribution in [0.15, 0.2) is 42.9 Å². The average molecular weight is 289 g/mol. The molecule has 2 aromatic heterocycles. The van der Waals surface area contributed by atoms with E-state index in [2.05, 4.69) is 26.2 Å². The Hall–Kier alpha value is -3.13. The lowest BCUT2D eigenvalue weighted by molar-refractivity contribution is 0.914. The highest BCUT2D eigenvalue weighted by Gasteiger charge is 2.18. The van der Waals surface area contributed by atoms with Gasteiger partial charge in [-0.15, -0.1) is 6.42 Å². The van der Waals surface area contributed by atoms with Crippen molar-refractivity contribution in [3.05, 3.63) is 48.4 Å². The van der Waals surface area contributed by atoms with Crippen LogP contribution in [0.4, 0.5) is 5.95 Å². The van der Waals surface area contributed by atoms with Gasteiger partial charge >= 0.3 is 0 Å². The number of nitrogens with zero attached hydrogens (tertiary/aromatic N) is 4. The number of nitrogens with one attached hydrogen (secondary N) is 1. The molecule has 108 valence electrons. The van der Waals surface area contributed by atoms with E-state index in [-0.39, 0.29) is 0 Å². The highest BCUT2D eigenvalue weighted by Crippen LogP contribution is 2.31. The highest BCUT2D eigenvalue weighted by atomic mass is 15.1. The summed E-state index contributed by atoms with van der Waals surface area (Å²) in [5.74, 6) is 3.17. The van der Waals surface area contributed by atoms with Crippen molar-refractivity contribution < 1.29 is 0 Å². The van der Waals surface area contributed by atoms with Crippen LogP contribution < -0.4 is 5.32 Å². The van der Waals surface area contributed by atoms with Gasteiger partial charge in [0.1, 0.15) is 5.69 Å². The van der Waals surface area contributed by atoms with Crippen LogP contribution in [0.1, 0.15) is 5.56 Å². The average Bonchev–Trinajstić information content (AvgIpc) is 2.96. The minimum Gasteiger partial charge on any atom is -0.357 e. The van der Waals surface area contributed by atoms with Crippen LogP contribution in [0, 0.1) is 12.3 Å². The van der Waals surface area contributed by atoms with Gasteiger partial charge < -0.3 is 9.88 Å². The number of hydrogen-bond acceptors (Lipinski definition) is 4. The standard InChI is InChI=1S/C17H15N5/c1-4-12-10-19-17(18-2)21-15(12)16-14(20-11-22(16)3)13-8-6-5-7-9-13/h1,5-11H,2-3H3,(H,18,19,21). The van der Waals surface area contributed by atoms with Crippen LogP contribution in [0.25, 0.3) is 22.6 Å². The summed E-state index contributed by atoms with van der Waals surface area (Å²) in [6.07, 6.45) is 9.02. The van der Waals surface area contributed by atoms with E-state index in [1.807, 2.05) is 41.9 Å². The molecule has 5 nitrogen and oxygen atoms in total. The van der Waals surface area contributed by atoms with Crippen molar-refractivity contribution in [1.82, 2.24) is 19.5 Å². The Morgan fingerprint density at radius 2 is 1.91 bits per heavy atom. The molecule has 3 rings (SSSR count). The van der Waals surface area contributed by atoms with Crippen molar-refractivity contribution in [3.8, 4) is 35.0 Å². The second kappa shape index (κ2) is 5.70. The molecule has 2 heterocycles. The number of imidazole rings is 1. The number of benzene rings is 1. The molecule has 0 bridgehead atoms. The predicted octanol–water partition coefficient (Wildman–Crippen LogP) is 2.57. The molecular formula is C17H15N5. The molecule has 0 fully saturated rings. The molecule has 0 saturated heterocycles. The third-order valence-electron chi connectivity index (χ3n) is 3.38. The van der Waals surface area contributed by atoms with E-state index >= 15 is 0 Å². The second-order valence-corrected chi connectivity index (χ2v) is 4.77. The molecule has 1 aromatic carbocycles. The number of rotatable bonds is 3. The fraction of sp³-hybridized carbons (Fsp3) is 0.118. The van der Waals surface area contributed by atoms with E-state index < -0.39 is 0 Å². The van der Waals surface area contributed by atoms with Crippen molar-refractivity contribution >= 4 is 5.95 Å². The molecule has 5 heteroatoms. The van der Waals surface area contributed by atoms with E-state index in [9.17, 15) is 0 Å². The van der Waals surface area contributed by atoms with Crippen LogP contribution >= 0.6 is 0 Å². The Kier molecular flexibility index (Phi) is 3.58. The Morgan fingerprint density at radius 1 is 1.14 bits per heavy atom. The first kappa shape index (κ1) is 13.8. The van der Waals surface area contributed by atoms with Gasteiger partial charge in [0.25, 0.3) is 0 Å². The molecule has 0 saturated carbocycles. The lowest BCUT2D eigenvalue weighted by atomic mass is 10.1. The molecule has 22 heavy (non-hydrogen) atoms. The van der Waals surface area contributed by atoms with E-state index in [4.69, 9.17) is 6.42 Å². The first-order chi connectivity index (χ1) is 10.7. The first-order valence-corrected chi connectivity index (χ1v) is 6.83. The van der Waals surface area contributed by atoms with Crippen LogP contribution in [0.2, 0.25) is 0 Å². The topological polar surface area (TPSA) is 55.6 Å². The summed E-state index contributed by atoms with van der Waals surface area (Å²) in [7, 11) is 3.70. The molecule has 0 aliphatic carbocycles. The summed E-state index contributed by atoms with van der Waals surface area (Å²) in [6.45, 7) is 0. The number of aryl methyl sites for hydroxylation is 1. The van der Waals surface area contributed by atoms with E-state index in [0.29, 0.717) is 17.2 Å². The van der Waals surface area contributed by atoms with Crippen molar-refractivity contribution in [3.63, 3.8) is 0 Å². The van der Waals surface area contributed by atoms with Crippen molar-refractivity contribution in [1.29, 1.82) is 0 Å². The van der Waals surface area contributed by atoms with E-state index in [1.54, 1.807) is 19.6 Å². The molecule has 0 aliphatic heterocycles. The Bertz CT molecular complexity index is 843. The number of hydrogen-bond donors (Lipinski definition) is 1. The number of terminal acetylenes is 1. The molecule has 0 aliphatic rings. The second-order valence-electron chi connectivity index (χ2n) is 4.77. The quantitative estimate of drug-likeness (QED) is 0.753. The third kappa shape index (κ3) is 2.31. The van der Waals surface area contributed by atoms with Gasteiger partial charge in [0, 0.05) is 25.9 Å². The van der Waals surface area contributed by atoms with Crippen LogP contribution in [-0.4, -0.2) is 26.6 Å². The molecule has 0 radical (unpaired) electrons. The molecule has 0 spiro atoms. The summed E-state index contributed by atoms with van der Waals surface area (Å²) >= 11 is 0. The largest absolute Gasteiger partial charge is 0.357 e. The smallest absolute Gasteiger partial charge is 0.223 e. The number of anilines is 1. The Balaban J connectivity index is 2.26. The minimum atomic E-state index is 0.522. The summed E-state index contributed by atoms with van der Waals surface area (Å²) in [6, 6.07) is 9.97. The van der Waals surface area contributed by atoms with Gasteiger partial charge in [0.2, 0.25) is 5.95 Å². The van der Waals surface area contributed by atoms with Crippen LogP contribution in [0.3, 0.4) is 0 Å². The van der Waals surface area contributed by atoms with Gasteiger partial charge in [-0.05, 0) is 0 Å². The Labute approximate surface area is 129 Å². The van der Waals surface area contributed by atoms with E-state index in [0.717, 1.165) is 17.0 Å². The summed E-state index contributed by atoms with van der Waals surface area (Å²) < 4.78 is 1.92. The monoisotopic (exact) mass is 289 g/mol. The van der Waals surface area contributed by atoms with Crippen molar-refractivity contribution in [2.24, 2.45) is 7.05 Å². The molecule has 3 aromatic rings. The van der Waals surface area contributed by atoms with Gasteiger partial charge in [-0.25, -0.2) is 15.0 Å². The lowest BCUT2D eigenvalue weighted by Crippen LogP contribution is -2.02. The molecule has 0 atom stereocenters. The highest BCUT2D eigenvalue weighted by molar-refractivity contribution is 5.79. The maximum Gasteiger partial charge on any atom is 0.223 e. The first-order valence-electron chi connectivity index (χ1n) is 6.83. The van der Waals surface area contributed by atoms with Gasteiger partial charge in [-0.2, -0.15) is 0 Å². The van der Waals surface area contributed by atoms with Gasteiger partial charge in [0.15, 0.2) is 0 Å². The zero-order chi connectivity index (χ0) is 15.5. The molecule has 1 N–H and O–H groups in total.